The van der Waals surface area contributed by atoms with Gasteiger partial charge >= 0.3 is 0 Å². The fourth-order valence-corrected chi connectivity index (χ4v) is 2.03. The number of hydrogen-bond donors (Lipinski definition) is 0. The molecule has 0 aliphatic carbocycles. The lowest BCUT2D eigenvalue weighted by atomic mass is 10.4. The molecule has 0 radical (unpaired) electrons. The Morgan fingerprint density at radius 2 is 2.27 bits per heavy atom. The van der Waals surface area contributed by atoms with E-state index in [2.05, 4.69) is 51.4 Å². The monoisotopic (exact) mass is 267 g/mol. The van der Waals surface area contributed by atoms with Crippen molar-refractivity contribution >= 4 is 28.9 Å². The number of hydrazone groups is 1. The van der Waals surface area contributed by atoms with Crippen LogP contribution in [0.4, 0.5) is 0 Å². The molecular weight excluding hydrogens is 253 g/mol. The van der Waals surface area contributed by atoms with E-state index in [0.717, 1.165) is 13.1 Å². The van der Waals surface area contributed by atoms with Crippen LogP contribution in [0.25, 0.3) is 0 Å². The van der Waals surface area contributed by atoms with E-state index in [4.69, 9.17) is 0 Å². The first-order valence-corrected chi connectivity index (χ1v) is 5.24. The molecule has 1 atom stereocenters. The summed E-state index contributed by atoms with van der Waals surface area (Å²) in [5, 5.41) is 6.34. The van der Waals surface area contributed by atoms with Gasteiger partial charge in [-0.05, 0) is 35.9 Å². The van der Waals surface area contributed by atoms with E-state index in [1.54, 1.807) is 0 Å². The molecule has 0 aromatic heterocycles. The van der Waals surface area contributed by atoms with Crippen LogP contribution in [0.1, 0.15) is 20.3 Å². The van der Waals surface area contributed by atoms with Crippen molar-refractivity contribution in [3.05, 3.63) is 0 Å². The summed E-state index contributed by atoms with van der Waals surface area (Å²) in [7, 11) is 0. The summed E-state index contributed by atoms with van der Waals surface area (Å²) < 4.78 is 0.428. The first-order chi connectivity index (χ1) is 5.29. The Morgan fingerprint density at radius 3 is 2.73 bits per heavy atom. The molecule has 0 N–H and O–H groups in total. The maximum absolute atomic E-state index is 4.26. The fourth-order valence-electron chi connectivity index (χ4n) is 1.07. The van der Waals surface area contributed by atoms with Crippen LogP contribution in [0.5, 0.6) is 0 Å². The normalized spacial score (nSPS) is 23.4. The van der Waals surface area contributed by atoms with E-state index in [1.165, 1.54) is 6.42 Å². The minimum atomic E-state index is 0.428. The summed E-state index contributed by atoms with van der Waals surface area (Å²) in [6.07, 6.45) is 3.12. The van der Waals surface area contributed by atoms with Crippen LogP contribution in [-0.2, 0) is 0 Å². The molecule has 0 saturated carbocycles. The van der Waals surface area contributed by atoms with E-state index in [-0.39, 0.29) is 0 Å². The molecule has 0 aromatic rings. The van der Waals surface area contributed by atoms with Gasteiger partial charge in [0, 0.05) is 13.1 Å². The van der Waals surface area contributed by atoms with Crippen LogP contribution in [0.15, 0.2) is 5.10 Å². The summed E-state index contributed by atoms with van der Waals surface area (Å²) in [4.78, 5) is 2.25. The zero-order valence-corrected chi connectivity index (χ0v) is 9.15. The minimum absolute atomic E-state index is 0.428. The molecule has 3 nitrogen and oxygen atoms in total. The minimum Gasteiger partial charge on any atom is -0.331 e. The van der Waals surface area contributed by atoms with Crippen LogP contribution < -0.4 is 0 Å². The highest BCUT2D eigenvalue weighted by molar-refractivity contribution is 14.1. The van der Waals surface area contributed by atoms with E-state index < -0.39 is 0 Å². The molecule has 0 saturated heterocycles. The number of nitrogens with zero attached hydrogens (tertiary/aromatic N) is 3. The lowest BCUT2D eigenvalue weighted by molar-refractivity contribution is 0.228. The summed E-state index contributed by atoms with van der Waals surface area (Å²) in [6.45, 7) is 6.40. The lowest BCUT2D eigenvalue weighted by Crippen LogP contribution is -2.34. The van der Waals surface area contributed by atoms with Gasteiger partial charge < -0.3 is 4.90 Å². The molecular formula is C7H14IN3. The van der Waals surface area contributed by atoms with E-state index in [9.17, 15) is 0 Å². The Morgan fingerprint density at radius 1 is 1.55 bits per heavy atom. The molecule has 1 rings (SSSR count). The van der Waals surface area contributed by atoms with Crippen LogP contribution >= 0.6 is 22.6 Å². The number of halogens is 1. The molecule has 0 aromatic carbocycles. The second kappa shape index (κ2) is 4.13. The van der Waals surface area contributed by atoms with Crippen molar-refractivity contribution < 1.29 is 0 Å². The van der Waals surface area contributed by atoms with Gasteiger partial charge in [-0.25, -0.2) is 0 Å². The third-order valence-electron chi connectivity index (χ3n) is 1.67. The number of rotatable bonds is 3. The smallest absolute Gasteiger partial charge is 0.171 e. The summed E-state index contributed by atoms with van der Waals surface area (Å²) in [5.74, 6) is 0. The van der Waals surface area contributed by atoms with Crippen molar-refractivity contribution in [2.75, 3.05) is 13.1 Å². The fraction of sp³-hybridized carbons (Fsp3) is 0.857. The van der Waals surface area contributed by atoms with Crippen LogP contribution in [0.3, 0.4) is 0 Å². The third kappa shape index (κ3) is 1.98. The second-order valence-corrected chi connectivity index (χ2v) is 3.65. The highest BCUT2D eigenvalue weighted by Gasteiger charge is 2.22. The molecule has 0 amide bonds. The van der Waals surface area contributed by atoms with Crippen LogP contribution in [-0.4, -0.2) is 33.5 Å². The van der Waals surface area contributed by atoms with Gasteiger partial charge in [0.25, 0.3) is 0 Å². The number of alkyl halides is 1. The average molecular weight is 267 g/mol. The molecule has 1 aliphatic rings. The maximum Gasteiger partial charge on any atom is 0.171 e. The van der Waals surface area contributed by atoms with E-state index >= 15 is 0 Å². The first kappa shape index (κ1) is 9.09. The quantitative estimate of drug-likeness (QED) is 0.440. The standard InChI is InChI=1S/C7H14IN3/c1-3-5-10-6-9-11(4-2)7(10)8/h6-7H,3-5H2,1-2H3. The SMILES string of the molecule is CCCN1C=NN(CC)C1I. The Kier molecular flexibility index (Phi) is 3.42. The Balaban J connectivity index is 2.42. The van der Waals surface area contributed by atoms with E-state index in [0.29, 0.717) is 4.17 Å². The van der Waals surface area contributed by atoms with Crippen molar-refractivity contribution in [3.63, 3.8) is 0 Å². The molecule has 11 heavy (non-hydrogen) atoms. The van der Waals surface area contributed by atoms with Gasteiger partial charge in [0.1, 0.15) is 6.34 Å². The van der Waals surface area contributed by atoms with Crippen molar-refractivity contribution in [2.24, 2.45) is 5.10 Å². The molecule has 1 unspecified atom stereocenters. The highest BCUT2D eigenvalue weighted by atomic mass is 127. The molecule has 1 heterocycles. The Bertz CT molecular complexity index is 149. The van der Waals surface area contributed by atoms with Crippen LogP contribution in [0.2, 0.25) is 0 Å². The van der Waals surface area contributed by atoms with Gasteiger partial charge in [-0.1, -0.05) is 6.92 Å². The second-order valence-electron chi connectivity index (χ2n) is 2.54. The van der Waals surface area contributed by atoms with Crippen molar-refractivity contribution in [3.8, 4) is 0 Å². The van der Waals surface area contributed by atoms with E-state index in [1.807, 2.05) is 6.34 Å². The van der Waals surface area contributed by atoms with Crippen molar-refractivity contribution in [2.45, 2.75) is 24.4 Å². The number of hydrogen-bond acceptors (Lipinski definition) is 3. The van der Waals surface area contributed by atoms with Crippen molar-refractivity contribution in [1.29, 1.82) is 0 Å². The predicted octanol–water partition coefficient (Wildman–Crippen LogP) is 1.70. The van der Waals surface area contributed by atoms with Crippen LogP contribution in [0, 0.1) is 0 Å². The zero-order valence-electron chi connectivity index (χ0n) is 7.00. The molecule has 0 spiro atoms. The van der Waals surface area contributed by atoms with Gasteiger partial charge in [-0.15, -0.1) is 0 Å². The Labute approximate surface area is 81.6 Å². The first-order valence-electron chi connectivity index (χ1n) is 4.00. The van der Waals surface area contributed by atoms with Crippen molar-refractivity contribution in [1.82, 2.24) is 9.91 Å². The summed E-state index contributed by atoms with van der Waals surface area (Å²) in [6, 6.07) is 0. The van der Waals surface area contributed by atoms with Gasteiger partial charge in [0.05, 0.1) is 0 Å². The third-order valence-corrected chi connectivity index (χ3v) is 3.03. The molecule has 64 valence electrons. The van der Waals surface area contributed by atoms with Gasteiger partial charge in [0.15, 0.2) is 4.17 Å². The van der Waals surface area contributed by atoms with Gasteiger partial charge in [-0.3, -0.25) is 5.01 Å². The largest absolute Gasteiger partial charge is 0.331 e. The molecule has 4 heteroatoms. The predicted molar refractivity (Wildman–Crippen MR) is 55.7 cm³/mol. The molecule has 1 aliphatic heterocycles. The summed E-state index contributed by atoms with van der Waals surface area (Å²) in [5.41, 5.74) is 0. The Hall–Kier alpha value is 0. The molecule has 0 fully saturated rings. The summed E-state index contributed by atoms with van der Waals surface area (Å²) >= 11 is 2.41. The maximum atomic E-state index is 4.26. The zero-order chi connectivity index (χ0) is 8.27. The van der Waals surface area contributed by atoms with Gasteiger partial charge in [-0.2, -0.15) is 5.10 Å². The molecule has 0 bridgehead atoms. The lowest BCUT2D eigenvalue weighted by Gasteiger charge is -2.24. The van der Waals surface area contributed by atoms with Gasteiger partial charge in [0.2, 0.25) is 0 Å². The topological polar surface area (TPSA) is 18.8 Å². The highest BCUT2D eigenvalue weighted by Crippen LogP contribution is 2.17. The average Bonchev–Trinajstić information content (AvgIpc) is 2.34.